The summed E-state index contributed by atoms with van der Waals surface area (Å²) in [4.78, 5) is 16.9. The van der Waals surface area contributed by atoms with Gasteiger partial charge in [-0.3, -0.25) is 0 Å². The van der Waals surface area contributed by atoms with E-state index in [1.807, 2.05) is 36.4 Å². The number of methoxy groups -OCH3 is 2. The average molecular weight is 520 g/mol. The van der Waals surface area contributed by atoms with Crippen LogP contribution in [0, 0.1) is 0 Å². The van der Waals surface area contributed by atoms with Crippen molar-refractivity contribution in [2.45, 2.75) is 19.6 Å². The van der Waals surface area contributed by atoms with E-state index in [-0.39, 0.29) is 0 Å². The van der Waals surface area contributed by atoms with Gasteiger partial charge in [0.2, 0.25) is 5.95 Å². The van der Waals surface area contributed by atoms with Crippen LogP contribution in [0.2, 0.25) is 5.02 Å². The molecule has 32 heavy (non-hydrogen) atoms. The summed E-state index contributed by atoms with van der Waals surface area (Å²) in [6.45, 7) is 2.13. The van der Waals surface area contributed by atoms with Gasteiger partial charge in [0.05, 0.1) is 24.3 Å². The zero-order chi connectivity index (χ0) is 22.8. The van der Waals surface area contributed by atoms with Gasteiger partial charge in [-0.1, -0.05) is 23.7 Å². The summed E-state index contributed by atoms with van der Waals surface area (Å²) in [6.07, 6.45) is 1.43. The summed E-state index contributed by atoms with van der Waals surface area (Å²) in [6, 6.07) is 10.5. The quantitative estimate of drug-likeness (QED) is 0.471. The van der Waals surface area contributed by atoms with Crippen molar-refractivity contribution in [1.82, 2.24) is 14.8 Å². The van der Waals surface area contributed by atoms with Crippen molar-refractivity contribution in [2.24, 2.45) is 0 Å². The number of hydrogen-bond donors (Lipinski definition) is 1. The Morgan fingerprint density at radius 3 is 2.69 bits per heavy atom. The molecule has 1 aliphatic heterocycles. The standard InChI is InChI=1S/C22H20BrClN4O4/c1-12-18(21(29)31-3)19(28-22(27-12)25-11-26-28)14-8-16(23)20(17(9-14)30-2)32-10-13-4-6-15(24)7-5-13/h4-9,11,19H,10H2,1-3H3,(H,25,26,27). The number of rotatable bonds is 6. The number of nitrogens with one attached hydrogen (secondary N) is 1. The number of fused-ring (bicyclic) bond motifs is 1. The monoisotopic (exact) mass is 518 g/mol. The van der Waals surface area contributed by atoms with E-state index in [1.54, 1.807) is 18.7 Å². The predicted octanol–water partition coefficient (Wildman–Crippen LogP) is 4.74. The second-order valence-corrected chi connectivity index (χ2v) is 8.33. The molecule has 1 atom stereocenters. The zero-order valence-electron chi connectivity index (χ0n) is 17.6. The number of allylic oxidation sites excluding steroid dienone is 1. The van der Waals surface area contributed by atoms with Crippen LogP contribution < -0.4 is 14.8 Å². The van der Waals surface area contributed by atoms with Crippen LogP contribution in [0.15, 0.2) is 58.5 Å². The molecule has 0 bridgehead atoms. The third-order valence-electron chi connectivity index (χ3n) is 5.06. The highest BCUT2D eigenvalue weighted by molar-refractivity contribution is 9.10. The normalized spacial score (nSPS) is 15.1. The molecule has 0 aliphatic carbocycles. The number of anilines is 1. The number of benzene rings is 2. The minimum absolute atomic E-state index is 0.332. The molecule has 10 heteroatoms. The van der Waals surface area contributed by atoms with Gasteiger partial charge in [0.25, 0.3) is 0 Å². The van der Waals surface area contributed by atoms with E-state index in [2.05, 4.69) is 31.3 Å². The highest BCUT2D eigenvalue weighted by Gasteiger charge is 2.35. The van der Waals surface area contributed by atoms with E-state index >= 15 is 0 Å². The number of halogens is 2. The summed E-state index contributed by atoms with van der Waals surface area (Å²) in [5, 5.41) is 8.07. The van der Waals surface area contributed by atoms with Crippen LogP contribution in [0.1, 0.15) is 24.1 Å². The lowest BCUT2D eigenvalue weighted by atomic mass is 9.95. The summed E-state index contributed by atoms with van der Waals surface area (Å²) in [5.74, 6) is 1.11. The fraction of sp³-hybridized carbons (Fsp3) is 0.227. The molecule has 1 aliphatic rings. The molecular formula is C22H20BrClN4O4. The lowest BCUT2D eigenvalue weighted by Crippen LogP contribution is -2.29. The number of nitrogens with zero attached hydrogens (tertiary/aromatic N) is 3. The molecule has 3 aromatic rings. The third kappa shape index (κ3) is 4.18. The topological polar surface area (TPSA) is 87.5 Å². The molecule has 0 saturated carbocycles. The number of esters is 1. The second-order valence-electron chi connectivity index (χ2n) is 7.04. The van der Waals surface area contributed by atoms with Gasteiger partial charge >= 0.3 is 5.97 Å². The van der Waals surface area contributed by atoms with Crippen LogP contribution in [-0.2, 0) is 16.1 Å². The molecule has 2 aromatic carbocycles. The Kier molecular flexibility index (Phi) is 6.38. The smallest absolute Gasteiger partial charge is 0.338 e. The van der Waals surface area contributed by atoms with Crippen molar-refractivity contribution in [3.63, 3.8) is 0 Å². The number of hydrogen-bond acceptors (Lipinski definition) is 7. The van der Waals surface area contributed by atoms with Crippen LogP contribution in [-0.4, -0.2) is 35.0 Å². The zero-order valence-corrected chi connectivity index (χ0v) is 19.9. The van der Waals surface area contributed by atoms with Crippen LogP contribution in [0.3, 0.4) is 0 Å². The fourth-order valence-corrected chi connectivity index (χ4v) is 4.25. The molecule has 166 valence electrons. The van der Waals surface area contributed by atoms with Gasteiger partial charge in [-0.05, 0) is 58.2 Å². The minimum Gasteiger partial charge on any atom is -0.493 e. The van der Waals surface area contributed by atoms with Crippen LogP contribution in [0.25, 0.3) is 0 Å². The highest BCUT2D eigenvalue weighted by Crippen LogP contribution is 2.43. The first-order chi connectivity index (χ1) is 15.4. The first-order valence-corrected chi connectivity index (χ1v) is 10.8. The van der Waals surface area contributed by atoms with Crippen molar-refractivity contribution in [1.29, 1.82) is 0 Å². The summed E-state index contributed by atoms with van der Waals surface area (Å²) in [7, 11) is 2.91. The summed E-state index contributed by atoms with van der Waals surface area (Å²) >= 11 is 9.55. The highest BCUT2D eigenvalue weighted by atomic mass is 79.9. The lowest BCUT2D eigenvalue weighted by molar-refractivity contribution is -0.136. The van der Waals surface area contributed by atoms with Gasteiger partial charge in [-0.25, -0.2) is 9.48 Å². The van der Waals surface area contributed by atoms with Crippen molar-refractivity contribution >= 4 is 39.4 Å². The van der Waals surface area contributed by atoms with Crippen molar-refractivity contribution in [3.8, 4) is 11.5 Å². The van der Waals surface area contributed by atoms with E-state index in [0.29, 0.717) is 44.8 Å². The van der Waals surface area contributed by atoms with E-state index in [0.717, 1.165) is 11.1 Å². The molecule has 8 nitrogen and oxygen atoms in total. The van der Waals surface area contributed by atoms with Crippen LogP contribution in [0.5, 0.6) is 11.5 Å². The maximum atomic E-state index is 12.6. The Hall–Kier alpha value is -3.04. The van der Waals surface area contributed by atoms with Gasteiger partial charge in [0.1, 0.15) is 19.0 Å². The molecule has 0 spiro atoms. The van der Waals surface area contributed by atoms with Crippen molar-refractivity contribution in [2.75, 3.05) is 19.5 Å². The number of carbonyl (C=O) groups is 1. The van der Waals surface area contributed by atoms with Gasteiger partial charge in [-0.15, -0.1) is 0 Å². The lowest BCUT2D eigenvalue weighted by Gasteiger charge is -2.28. The molecule has 4 rings (SSSR count). The molecular weight excluding hydrogens is 500 g/mol. The Morgan fingerprint density at radius 2 is 2.00 bits per heavy atom. The first kappa shape index (κ1) is 22.2. The maximum Gasteiger partial charge on any atom is 0.338 e. The average Bonchev–Trinajstić information content (AvgIpc) is 3.25. The number of carbonyl (C=O) groups excluding carboxylic acids is 1. The third-order valence-corrected chi connectivity index (χ3v) is 5.90. The number of aromatic nitrogens is 3. The Bertz CT molecular complexity index is 1190. The molecule has 0 saturated heterocycles. The van der Waals surface area contributed by atoms with Gasteiger partial charge < -0.3 is 19.5 Å². The molecule has 2 heterocycles. The van der Waals surface area contributed by atoms with Gasteiger partial charge in [0.15, 0.2) is 11.5 Å². The van der Waals surface area contributed by atoms with Crippen molar-refractivity contribution in [3.05, 3.63) is 74.6 Å². The van der Waals surface area contributed by atoms with Gasteiger partial charge in [0, 0.05) is 10.7 Å². The number of ether oxygens (including phenoxy) is 3. The molecule has 1 unspecified atom stereocenters. The Labute approximate surface area is 198 Å². The largest absolute Gasteiger partial charge is 0.493 e. The maximum absolute atomic E-state index is 12.6. The SMILES string of the molecule is COC(=O)C1=C(C)Nc2ncnn2C1c1cc(Br)c(OCc2ccc(Cl)cc2)c(OC)c1. The van der Waals surface area contributed by atoms with Gasteiger partial charge in [-0.2, -0.15) is 10.1 Å². The van der Waals surface area contributed by atoms with Crippen LogP contribution >= 0.6 is 27.5 Å². The predicted molar refractivity (Wildman–Crippen MR) is 123 cm³/mol. The van der Waals surface area contributed by atoms with E-state index < -0.39 is 12.0 Å². The second kappa shape index (κ2) is 9.22. The van der Waals surface area contributed by atoms with E-state index in [4.69, 9.17) is 25.8 Å². The van der Waals surface area contributed by atoms with Crippen molar-refractivity contribution < 1.29 is 19.0 Å². The van der Waals surface area contributed by atoms with E-state index in [1.165, 1.54) is 13.4 Å². The Morgan fingerprint density at radius 1 is 1.25 bits per heavy atom. The molecule has 0 amide bonds. The summed E-state index contributed by atoms with van der Waals surface area (Å²) in [5.41, 5.74) is 2.78. The summed E-state index contributed by atoms with van der Waals surface area (Å²) < 4.78 is 19.0. The first-order valence-electron chi connectivity index (χ1n) is 9.63. The molecule has 0 radical (unpaired) electrons. The van der Waals surface area contributed by atoms with Crippen LogP contribution in [0.4, 0.5) is 5.95 Å². The minimum atomic E-state index is -0.559. The fourth-order valence-electron chi connectivity index (χ4n) is 3.55. The Balaban J connectivity index is 1.73. The molecule has 0 fully saturated rings. The molecule has 1 N–H and O–H groups in total. The molecule has 1 aromatic heterocycles. The van der Waals surface area contributed by atoms with E-state index in [9.17, 15) is 4.79 Å².